The number of nitrogens with zero attached hydrogens (tertiary/aromatic N) is 3. The first kappa shape index (κ1) is 18.3. The van der Waals surface area contributed by atoms with Crippen LogP contribution in [-0.4, -0.2) is 63.7 Å². The molecule has 0 aliphatic carbocycles. The van der Waals surface area contributed by atoms with Crippen molar-refractivity contribution in [1.29, 1.82) is 0 Å². The topological polar surface area (TPSA) is 123 Å². The molecule has 0 radical (unpaired) electrons. The molecule has 2 aromatic heterocycles. The van der Waals surface area contributed by atoms with Gasteiger partial charge in [0.05, 0.1) is 29.5 Å². The van der Waals surface area contributed by atoms with Crippen molar-refractivity contribution in [3.63, 3.8) is 0 Å². The zero-order chi connectivity index (χ0) is 19.4. The molecule has 1 atom stereocenters. The number of H-pyrrole nitrogens is 1. The van der Waals surface area contributed by atoms with Gasteiger partial charge >= 0.3 is 0 Å². The average molecular weight is 368 g/mol. The van der Waals surface area contributed by atoms with E-state index in [9.17, 15) is 14.7 Å². The molecule has 0 unspecified atom stereocenters. The predicted molar refractivity (Wildman–Crippen MR) is 101 cm³/mol. The lowest BCUT2D eigenvalue weighted by Crippen LogP contribution is -2.42. The molecule has 4 N–H and O–H groups in total. The highest BCUT2D eigenvalue weighted by atomic mass is 16.3. The number of aromatic nitrogens is 3. The molecule has 3 rings (SSSR count). The highest BCUT2D eigenvalue weighted by Crippen LogP contribution is 2.23. The minimum Gasteiger partial charge on any atom is -0.381 e. The molecule has 0 saturated carbocycles. The summed E-state index contributed by atoms with van der Waals surface area (Å²) in [4.78, 5) is 29.4. The predicted octanol–water partition coefficient (Wildman–Crippen LogP) is 0.880. The van der Waals surface area contributed by atoms with Gasteiger partial charge in [-0.3, -0.25) is 19.7 Å². The maximum absolute atomic E-state index is 12.5. The van der Waals surface area contributed by atoms with Crippen LogP contribution in [0.2, 0.25) is 0 Å². The van der Waals surface area contributed by atoms with Gasteiger partial charge in [0.25, 0.3) is 11.8 Å². The smallest absolute Gasteiger partial charge is 0.255 e. The van der Waals surface area contributed by atoms with E-state index in [1.165, 1.54) is 25.2 Å². The lowest BCUT2D eigenvalue weighted by molar-refractivity contribution is -0.137. The Labute approximate surface area is 155 Å². The first-order valence-electron chi connectivity index (χ1n) is 8.27. The van der Waals surface area contributed by atoms with Crippen LogP contribution in [0.4, 0.5) is 11.4 Å². The Morgan fingerprint density at radius 2 is 2.07 bits per heavy atom. The third kappa shape index (κ3) is 4.21. The van der Waals surface area contributed by atoms with Gasteiger partial charge in [-0.2, -0.15) is 5.10 Å². The van der Waals surface area contributed by atoms with Crippen molar-refractivity contribution in [2.75, 3.05) is 26.0 Å². The number of rotatable bonds is 6. The average Bonchev–Trinajstić information content (AvgIpc) is 3.13. The Hall–Kier alpha value is -3.46. The second kappa shape index (κ2) is 7.83. The van der Waals surface area contributed by atoms with Crippen LogP contribution in [0.25, 0.3) is 10.9 Å². The number of fused-ring (bicyclic) bond motifs is 1. The van der Waals surface area contributed by atoms with E-state index >= 15 is 0 Å². The van der Waals surface area contributed by atoms with Crippen LogP contribution >= 0.6 is 0 Å². The highest BCUT2D eigenvalue weighted by molar-refractivity contribution is 6.00. The van der Waals surface area contributed by atoms with Gasteiger partial charge in [-0.15, -0.1) is 0 Å². The number of hydrogen-bond acceptors (Lipinski definition) is 6. The molecule has 2 amide bonds. The van der Waals surface area contributed by atoms with Crippen LogP contribution in [0.5, 0.6) is 0 Å². The molecule has 0 bridgehead atoms. The molecule has 3 aromatic rings. The standard InChI is InChI=1S/C18H20N6O3/c1-24(2)18(27)16(25)10-20-17(26)13-9-19-6-5-15(13)22-12-3-4-14-11(7-12)8-21-23-14/h3-9,16,25H,10H2,1-2H3,(H,19,22)(H,20,26)(H,21,23)/t16-/m1/s1. The van der Waals surface area contributed by atoms with Gasteiger partial charge in [-0.25, -0.2) is 0 Å². The number of amides is 2. The van der Waals surface area contributed by atoms with Gasteiger partial charge in [-0.05, 0) is 24.3 Å². The molecule has 1 aromatic carbocycles. The summed E-state index contributed by atoms with van der Waals surface area (Å²) in [5.41, 5.74) is 2.55. The zero-order valence-corrected chi connectivity index (χ0v) is 14.9. The molecule has 0 saturated heterocycles. The third-order valence-corrected chi connectivity index (χ3v) is 3.97. The van der Waals surface area contributed by atoms with Gasteiger partial charge in [0, 0.05) is 37.6 Å². The van der Waals surface area contributed by atoms with Crippen molar-refractivity contribution in [1.82, 2.24) is 25.4 Å². The molecule has 0 aliphatic heterocycles. The monoisotopic (exact) mass is 368 g/mol. The van der Waals surface area contributed by atoms with Crippen molar-refractivity contribution in [3.8, 4) is 0 Å². The van der Waals surface area contributed by atoms with Gasteiger partial charge in [0.15, 0.2) is 0 Å². The van der Waals surface area contributed by atoms with Gasteiger partial charge < -0.3 is 20.6 Å². The number of likely N-dealkylation sites (N-methyl/N-ethyl adjacent to an activating group) is 1. The van der Waals surface area contributed by atoms with Crippen LogP contribution in [0, 0.1) is 0 Å². The summed E-state index contributed by atoms with van der Waals surface area (Å²) in [6.45, 7) is -0.189. The number of carbonyl (C=O) groups is 2. The third-order valence-electron chi connectivity index (χ3n) is 3.97. The quantitative estimate of drug-likeness (QED) is 0.512. The molecule has 0 spiro atoms. The summed E-state index contributed by atoms with van der Waals surface area (Å²) in [6.07, 6.45) is 3.40. The number of anilines is 2. The molecule has 9 nitrogen and oxygen atoms in total. The van der Waals surface area contributed by atoms with E-state index in [-0.39, 0.29) is 6.54 Å². The molecule has 27 heavy (non-hydrogen) atoms. The SMILES string of the molecule is CN(C)C(=O)[C@H](O)CNC(=O)c1cnccc1Nc1ccc2[nH]ncc2c1. The lowest BCUT2D eigenvalue weighted by atomic mass is 10.2. The maximum atomic E-state index is 12.5. The Morgan fingerprint density at radius 3 is 2.85 bits per heavy atom. The molecular weight excluding hydrogens is 348 g/mol. The van der Waals surface area contributed by atoms with E-state index < -0.39 is 17.9 Å². The molecule has 140 valence electrons. The molecule has 9 heteroatoms. The summed E-state index contributed by atoms with van der Waals surface area (Å²) in [6, 6.07) is 7.33. The van der Waals surface area contributed by atoms with Gasteiger partial charge in [-0.1, -0.05) is 0 Å². The Morgan fingerprint density at radius 1 is 1.26 bits per heavy atom. The minimum atomic E-state index is -1.31. The molecule has 0 fully saturated rings. The lowest BCUT2D eigenvalue weighted by Gasteiger charge is -2.17. The first-order valence-corrected chi connectivity index (χ1v) is 8.27. The van der Waals surface area contributed by atoms with E-state index in [4.69, 9.17) is 0 Å². The van der Waals surface area contributed by atoms with Crippen molar-refractivity contribution >= 4 is 34.1 Å². The maximum Gasteiger partial charge on any atom is 0.255 e. The zero-order valence-electron chi connectivity index (χ0n) is 14.9. The summed E-state index contributed by atoms with van der Waals surface area (Å²) in [5.74, 6) is -0.922. The van der Waals surface area contributed by atoms with E-state index in [2.05, 4.69) is 25.8 Å². The fourth-order valence-corrected chi connectivity index (χ4v) is 2.53. The number of hydrogen-bond donors (Lipinski definition) is 4. The summed E-state index contributed by atoms with van der Waals surface area (Å²) < 4.78 is 0. The largest absolute Gasteiger partial charge is 0.381 e. The second-order valence-corrected chi connectivity index (χ2v) is 6.18. The Bertz CT molecular complexity index is 968. The Kier molecular flexibility index (Phi) is 5.32. The number of benzene rings is 1. The number of pyridine rings is 1. The van der Waals surface area contributed by atoms with Crippen molar-refractivity contribution in [2.45, 2.75) is 6.10 Å². The normalized spacial score (nSPS) is 11.8. The number of aliphatic hydroxyl groups excluding tert-OH is 1. The van der Waals surface area contributed by atoms with Crippen molar-refractivity contribution in [2.24, 2.45) is 0 Å². The fraction of sp³-hybridized carbons (Fsp3) is 0.222. The Balaban J connectivity index is 1.73. The van der Waals surface area contributed by atoms with E-state index in [1.807, 2.05) is 18.2 Å². The van der Waals surface area contributed by atoms with Crippen LogP contribution in [-0.2, 0) is 4.79 Å². The van der Waals surface area contributed by atoms with Crippen LogP contribution < -0.4 is 10.6 Å². The molecular formula is C18H20N6O3. The van der Waals surface area contributed by atoms with E-state index in [0.717, 1.165) is 16.6 Å². The number of aromatic amines is 1. The van der Waals surface area contributed by atoms with Gasteiger partial charge in [0.2, 0.25) is 0 Å². The molecule has 0 aliphatic rings. The number of carbonyl (C=O) groups excluding carboxylic acids is 2. The summed E-state index contributed by atoms with van der Waals surface area (Å²) in [7, 11) is 3.07. The minimum absolute atomic E-state index is 0.189. The van der Waals surface area contributed by atoms with Crippen LogP contribution in [0.1, 0.15) is 10.4 Å². The van der Waals surface area contributed by atoms with Gasteiger partial charge in [0.1, 0.15) is 6.10 Å². The first-order chi connectivity index (χ1) is 13.0. The second-order valence-electron chi connectivity index (χ2n) is 6.18. The van der Waals surface area contributed by atoms with Crippen molar-refractivity contribution < 1.29 is 14.7 Å². The fourth-order valence-electron chi connectivity index (χ4n) is 2.53. The van der Waals surface area contributed by atoms with Crippen LogP contribution in [0.3, 0.4) is 0 Å². The summed E-state index contributed by atoms with van der Waals surface area (Å²) in [5, 5.41) is 23.4. The number of aliphatic hydroxyl groups is 1. The van der Waals surface area contributed by atoms with E-state index in [0.29, 0.717) is 11.3 Å². The number of nitrogens with one attached hydrogen (secondary N) is 3. The molecule has 2 heterocycles. The van der Waals surface area contributed by atoms with E-state index in [1.54, 1.807) is 18.5 Å². The summed E-state index contributed by atoms with van der Waals surface area (Å²) >= 11 is 0. The van der Waals surface area contributed by atoms with Crippen molar-refractivity contribution in [3.05, 3.63) is 48.4 Å². The highest BCUT2D eigenvalue weighted by Gasteiger charge is 2.19. The van der Waals surface area contributed by atoms with Crippen LogP contribution in [0.15, 0.2) is 42.9 Å².